The molecular weight excluding hydrogens is 564 g/mol. The van der Waals surface area contributed by atoms with Crippen molar-refractivity contribution in [2.24, 2.45) is 0 Å². The van der Waals surface area contributed by atoms with Crippen LogP contribution < -0.4 is 0 Å². The summed E-state index contributed by atoms with van der Waals surface area (Å²) in [6, 6.07) is 53.8. The number of hydrogen-bond donors (Lipinski definition) is 0. The van der Waals surface area contributed by atoms with Gasteiger partial charge in [-0.05, 0) is 47.5 Å². The quantitative estimate of drug-likeness (QED) is 0.200. The molecule has 0 fully saturated rings. The smallest absolute Gasteiger partial charge is 0.160 e. The van der Waals surface area contributed by atoms with E-state index in [4.69, 9.17) is 18.8 Å². The Labute approximate surface area is 265 Å². The number of nitrogens with zero attached hydrogens (tertiary/aromatic N) is 2. The fraction of sp³-hybridized carbons (Fsp3) is 0. The second-order valence-corrected chi connectivity index (χ2v) is 11.4. The van der Waals surface area contributed by atoms with Gasteiger partial charge in [-0.15, -0.1) is 0 Å². The molecule has 6 aromatic carbocycles. The molecule has 0 N–H and O–H groups in total. The second-order valence-electron chi connectivity index (χ2n) is 11.4. The molecule has 9 aromatic rings. The van der Waals surface area contributed by atoms with Crippen LogP contribution in [-0.2, 0) is 0 Å². The molecule has 0 radical (unpaired) electrons. The van der Waals surface area contributed by atoms with E-state index in [-0.39, 0.29) is 0 Å². The van der Waals surface area contributed by atoms with Gasteiger partial charge in [-0.1, -0.05) is 121 Å². The molecule has 3 aromatic heterocycles. The van der Waals surface area contributed by atoms with E-state index >= 15 is 0 Å². The van der Waals surface area contributed by atoms with Gasteiger partial charge in [0.2, 0.25) is 0 Å². The lowest BCUT2D eigenvalue weighted by atomic mass is 9.96. The van der Waals surface area contributed by atoms with Crippen molar-refractivity contribution in [2.45, 2.75) is 0 Å². The molecule has 0 unspecified atom stereocenters. The zero-order chi connectivity index (χ0) is 30.5. The lowest BCUT2D eigenvalue weighted by Crippen LogP contribution is -1.97. The first-order valence-corrected chi connectivity index (χ1v) is 15.3. The zero-order valence-corrected chi connectivity index (χ0v) is 24.7. The molecule has 4 heteroatoms. The van der Waals surface area contributed by atoms with Crippen LogP contribution in [0.5, 0.6) is 0 Å². The van der Waals surface area contributed by atoms with Crippen molar-refractivity contribution >= 4 is 32.9 Å². The molecule has 0 aliphatic heterocycles. The Balaban J connectivity index is 1.20. The van der Waals surface area contributed by atoms with Gasteiger partial charge in [0, 0.05) is 38.4 Å². The summed E-state index contributed by atoms with van der Waals surface area (Å²) < 4.78 is 12.4. The summed E-state index contributed by atoms with van der Waals surface area (Å²) >= 11 is 0. The summed E-state index contributed by atoms with van der Waals surface area (Å²) in [5.41, 5.74) is 10.4. The highest BCUT2D eigenvalue weighted by molar-refractivity contribution is 6.05. The molecule has 0 spiro atoms. The van der Waals surface area contributed by atoms with Crippen LogP contribution in [0.4, 0.5) is 0 Å². The summed E-state index contributed by atoms with van der Waals surface area (Å²) in [4.78, 5) is 10.3. The van der Waals surface area contributed by atoms with Gasteiger partial charge in [0.05, 0.1) is 11.4 Å². The minimum Gasteiger partial charge on any atom is -0.456 e. The normalized spacial score (nSPS) is 11.5. The van der Waals surface area contributed by atoms with Crippen molar-refractivity contribution in [2.75, 3.05) is 0 Å². The highest BCUT2D eigenvalue weighted by Crippen LogP contribution is 2.37. The number of para-hydroxylation sites is 2. The zero-order valence-electron chi connectivity index (χ0n) is 24.7. The van der Waals surface area contributed by atoms with Gasteiger partial charge in [0.25, 0.3) is 0 Å². The molecule has 46 heavy (non-hydrogen) atoms. The number of aromatic nitrogens is 2. The highest BCUT2D eigenvalue weighted by Gasteiger charge is 2.16. The predicted octanol–water partition coefficient (Wildman–Crippen LogP) is 11.5. The number of fused-ring (bicyclic) bond motifs is 4. The third-order valence-electron chi connectivity index (χ3n) is 8.54. The molecule has 0 saturated carbocycles. The molecule has 0 bridgehead atoms. The first kappa shape index (κ1) is 26.2. The maximum atomic E-state index is 6.23. The van der Waals surface area contributed by atoms with E-state index in [9.17, 15) is 0 Å². The Kier molecular flexibility index (Phi) is 6.10. The Morgan fingerprint density at radius 2 is 1.02 bits per heavy atom. The van der Waals surface area contributed by atoms with Crippen LogP contribution in [0.1, 0.15) is 0 Å². The molecule has 9 rings (SSSR count). The van der Waals surface area contributed by atoms with Crippen LogP contribution in [0, 0.1) is 0 Å². The summed E-state index contributed by atoms with van der Waals surface area (Å²) in [6.45, 7) is 0. The van der Waals surface area contributed by atoms with E-state index in [1.54, 1.807) is 0 Å². The van der Waals surface area contributed by atoms with Crippen LogP contribution in [0.2, 0.25) is 0 Å². The van der Waals surface area contributed by atoms with Crippen LogP contribution >= 0.6 is 0 Å². The molecule has 4 nitrogen and oxygen atoms in total. The maximum absolute atomic E-state index is 6.23. The second kappa shape index (κ2) is 10.7. The fourth-order valence-electron chi connectivity index (χ4n) is 6.23. The van der Waals surface area contributed by atoms with E-state index in [0.717, 1.165) is 83.4 Å². The minimum absolute atomic E-state index is 0.638. The number of hydrogen-bond acceptors (Lipinski definition) is 4. The van der Waals surface area contributed by atoms with Crippen molar-refractivity contribution in [1.29, 1.82) is 0 Å². The standard InChI is InChI=1S/C42H26N2O2/c1-2-10-27(11-3-1)32-13-5-6-14-33(32)37-26-36(28-18-20-29(21-19-28)40-24-30-12-4-8-16-38(30)45-40)43-42(44-37)31-22-23-35-34-15-7-9-17-39(34)46-41(35)25-31/h1-26H. The summed E-state index contributed by atoms with van der Waals surface area (Å²) in [7, 11) is 0. The number of benzene rings is 6. The topological polar surface area (TPSA) is 52.1 Å². The molecule has 0 atom stereocenters. The van der Waals surface area contributed by atoms with E-state index in [1.165, 1.54) is 0 Å². The van der Waals surface area contributed by atoms with E-state index in [2.05, 4.69) is 109 Å². The Morgan fingerprint density at radius 1 is 0.370 bits per heavy atom. The number of furan rings is 2. The van der Waals surface area contributed by atoms with Crippen molar-refractivity contribution in [3.63, 3.8) is 0 Å². The van der Waals surface area contributed by atoms with Crippen molar-refractivity contribution < 1.29 is 8.83 Å². The van der Waals surface area contributed by atoms with Crippen LogP contribution in [0.3, 0.4) is 0 Å². The van der Waals surface area contributed by atoms with Crippen molar-refractivity contribution in [1.82, 2.24) is 9.97 Å². The largest absolute Gasteiger partial charge is 0.456 e. The molecule has 0 amide bonds. The van der Waals surface area contributed by atoms with Crippen LogP contribution in [0.15, 0.2) is 167 Å². The average Bonchev–Trinajstić information content (AvgIpc) is 3.73. The molecular formula is C42H26N2O2. The Morgan fingerprint density at radius 3 is 1.87 bits per heavy atom. The first-order valence-electron chi connectivity index (χ1n) is 15.3. The van der Waals surface area contributed by atoms with E-state index in [0.29, 0.717) is 5.82 Å². The fourth-order valence-corrected chi connectivity index (χ4v) is 6.23. The van der Waals surface area contributed by atoms with E-state index in [1.807, 2.05) is 48.5 Å². The molecule has 0 saturated heterocycles. The lowest BCUT2D eigenvalue weighted by molar-refractivity contribution is 0.631. The Bertz CT molecular complexity index is 2490. The highest BCUT2D eigenvalue weighted by atomic mass is 16.3. The maximum Gasteiger partial charge on any atom is 0.160 e. The van der Waals surface area contributed by atoms with Gasteiger partial charge in [-0.25, -0.2) is 9.97 Å². The lowest BCUT2D eigenvalue weighted by Gasteiger charge is -2.13. The summed E-state index contributed by atoms with van der Waals surface area (Å²) in [6.07, 6.45) is 0. The molecule has 0 aliphatic rings. The summed E-state index contributed by atoms with van der Waals surface area (Å²) in [5, 5.41) is 3.26. The monoisotopic (exact) mass is 590 g/mol. The molecule has 216 valence electrons. The first-order chi connectivity index (χ1) is 22.8. The van der Waals surface area contributed by atoms with Crippen molar-refractivity contribution in [3.8, 4) is 56.4 Å². The van der Waals surface area contributed by atoms with Gasteiger partial charge < -0.3 is 8.83 Å². The minimum atomic E-state index is 0.638. The number of rotatable bonds is 5. The Hall–Kier alpha value is -6.26. The average molecular weight is 591 g/mol. The third kappa shape index (κ3) is 4.56. The summed E-state index contributed by atoms with van der Waals surface area (Å²) in [5.74, 6) is 1.48. The SMILES string of the molecule is c1ccc(-c2ccccc2-c2cc(-c3ccc(-c4cc5ccccc5o4)cc3)nc(-c3ccc4c(c3)oc3ccccc34)n2)cc1. The van der Waals surface area contributed by atoms with Gasteiger partial charge in [-0.2, -0.15) is 0 Å². The van der Waals surface area contributed by atoms with Crippen LogP contribution in [-0.4, -0.2) is 9.97 Å². The van der Waals surface area contributed by atoms with Gasteiger partial charge in [-0.3, -0.25) is 0 Å². The van der Waals surface area contributed by atoms with Crippen LogP contribution in [0.25, 0.3) is 89.3 Å². The van der Waals surface area contributed by atoms with Gasteiger partial charge in [0.1, 0.15) is 22.5 Å². The van der Waals surface area contributed by atoms with Crippen molar-refractivity contribution in [3.05, 3.63) is 158 Å². The van der Waals surface area contributed by atoms with Gasteiger partial charge >= 0.3 is 0 Å². The van der Waals surface area contributed by atoms with Gasteiger partial charge in [0.15, 0.2) is 5.82 Å². The third-order valence-corrected chi connectivity index (χ3v) is 8.54. The molecule has 0 aliphatic carbocycles. The molecule has 3 heterocycles. The predicted molar refractivity (Wildman–Crippen MR) is 186 cm³/mol. The van der Waals surface area contributed by atoms with E-state index < -0.39 is 0 Å².